The summed E-state index contributed by atoms with van der Waals surface area (Å²) in [5.41, 5.74) is 1.55. The minimum absolute atomic E-state index is 0.106. The molecule has 0 aliphatic carbocycles. The molecule has 1 unspecified atom stereocenters. The first-order valence-electron chi connectivity index (χ1n) is 11.3. The van der Waals surface area contributed by atoms with Gasteiger partial charge < -0.3 is 11.2 Å². The van der Waals surface area contributed by atoms with Gasteiger partial charge >= 0.3 is 6.18 Å². The van der Waals surface area contributed by atoms with Crippen molar-refractivity contribution in [1.29, 1.82) is 0 Å². The van der Waals surface area contributed by atoms with E-state index in [0.717, 1.165) is 17.5 Å². The Balaban J connectivity index is 1.79. The van der Waals surface area contributed by atoms with E-state index >= 15 is 0 Å². The number of benzene rings is 1. The van der Waals surface area contributed by atoms with Gasteiger partial charge in [-0.1, -0.05) is 18.0 Å². The number of amides is 1. The Morgan fingerprint density at radius 2 is 2.08 bits per heavy atom. The lowest BCUT2D eigenvalue weighted by molar-refractivity contribution is -0.129. The molecule has 196 valence electrons. The third-order valence-electron chi connectivity index (χ3n) is 5.74. The first kappa shape index (κ1) is 27.7. The Morgan fingerprint density at radius 3 is 2.72 bits per heavy atom. The molecule has 1 amide bonds. The van der Waals surface area contributed by atoms with Gasteiger partial charge in [0.15, 0.2) is 5.84 Å². The van der Waals surface area contributed by atoms with Gasteiger partial charge in [0.1, 0.15) is 17.3 Å². The quantitative estimate of drug-likeness (QED) is 0.124. The van der Waals surface area contributed by atoms with E-state index in [2.05, 4.69) is 15.4 Å². The fourth-order valence-corrected chi connectivity index (χ4v) is 4.88. The number of halogens is 4. The summed E-state index contributed by atoms with van der Waals surface area (Å²) in [7, 11) is 0. The van der Waals surface area contributed by atoms with E-state index in [1.165, 1.54) is 23.2 Å². The van der Waals surface area contributed by atoms with Crippen molar-refractivity contribution in [3.63, 3.8) is 0 Å². The maximum absolute atomic E-state index is 14.9. The molecule has 13 heteroatoms. The van der Waals surface area contributed by atoms with Gasteiger partial charge in [-0.3, -0.25) is 9.80 Å². The van der Waals surface area contributed by atoms with Crippen molar-refractivity contribution in [3.8, 4) is 0 Å². The maximum Gasteiger partial charge on any atom is 0.389 e. The van der Waals surface area contributed by atoms with Crippen molar-refractivity contribution in [2.45, 2.75) is 51.9 Å². The molecule has 8 nitrogen and oxygen atoms in total. The Labute approximate surface area is 211 Å². The molecule has 0 bridgehead atoms. The highest BCUT2D eigenvalue weighted by molar-refractivity contribution is 7.97. The minimum Gasteiger partial charge on any atom is -0.321 e. The second-order valence-corrected chi connectivity index (χ2v) is 9.75. The largest absolute Gasteiger partial charge is 0.389 e. The van der Waals surface area contributed by atoms with Gasteiger partial charge in [-0.25, -0.2) is 19.5 Å². The van der Waals surface area contributed by atoms with E-state index in [9.17, 15) is 22.4 Å². The Kier molecular flexibility index (Phi) is 8.80. The third-order valence-corrected chi connectivity index (χ3v) is 6.96. The van der Waals surface area contributed by atoms with Gasteiger partial charge in [-0.15, -0.1) is 0 Å². The van der Waals surface area contributed by atoms with E-state index in [0.29, 0.717) is 24.2 Å². The second kappa shape index (κ2) is 11.4. The van der Waals surface area contributed by atoms with Crippen LogP contribution in [0.1, 0.15) is 60.4 Å². The summed E-state index contributed by atoms with van der Waals surface area (Å²) in [6, 6.07) is 7.13. The molecule has 0 spiro atoms. The number of alkyl halides is 3. The highest BCUT2D eigenvalue weighted by Gasteiger charge is 2.30. The number of amidine groups is 1. The van der Waals surface area contributed by atoms with Crippen LogP contribution in [0.15, 0.2) is 35.4 Å². The predicted octanol–water partition coefficient (Wildman–Crippen LogP) is 4.20. The number of hydrazone groups is 1. The summed E-state index contributed by atoms with van der Waals surface area (Å²) >= 11 is 1.10. The summed E-state index contributed by atoms with van der Waals surface area (Å²) in [6.07, 6.45) is -4.65. The zero-order valence-electron chi connectivity index (χ0n) is 20.1. The molecule has 1 aromatic carbocycles. The standard InChI is InChI=1S/C23H29F4N7OS/c1-13(2)34(29)21(32-28)19-5-4-6-20(30-19)31-22(35)17-12-16-14(3)33(36-10-8-23(25,26)27)9-7-15(16)11-18(17)24/h4-6,11-14H,7-10,28-29H2,1-3H3,(H,30,31,35)/b32-21-. The van der Waals surface area contributed by atoms with Crippen molar-refractivity contribution in [1.82, 2.24) is 14.3 Å². The number of hydrazine groups is 1. The maximum atomic E-state index is 14.9. The van der Waals surface area contributed by atoms with E-state index < -0.39 is 24.3 Å². The zero-order valence-corrected chi connectivity index (χ0v) is 21.0. The topological polar surface area (TPSA) is 113 Å². The highest BCUT2D eigenvalue weighted by Crippen LogP contribution is 2.36. The number of hydrogen-bond donors (Lipinski definition) is 3. The van der Waals surface area contributed by atoms with Crippen molar-refractivity contribution in [3.05, 3.63) is 58.5 Å². The van der Waals surface area contributed by atoms with E-state index in [1.54, 1.807) is 12.1 Å². The SMILES string of the molecule is CC1c2cc(C(=O)Nc3cccc(/C(=N/N)N(N)C(C)C)n3)c(F)cc2CCN1SCCC(F)(F)F. The molecular weight excluding hydrogens is 498 g/mol. The van der Waals surface area contributed by atoms with Crippen LogP contribution in [0.4, 0.5) is 23.4 Å². The number of nitrogens with zero attached hydrogens (tertiary/aromatic N) is 4. The lowest BCUT2D eigenvalue weighted by Crippen LogP contribution is -2.44. The molecule has 2 heterocycles. The fourth-order valence-electron chi connectivity index (χ4n) is 3.77. The minimum atomic E-state index is -4.22. The summed E-state index contributed by atoms with van der Waals surface area (Å²) in [5, 5.41) is 7.60. The van der Waals surface area contributed by atoms with Gasteiger partial charge in [0.05, 0.1) is 12.0 Å². The van der Waals surface area contributed by atoms with E-state index in [-0.39, 0.29) is 35.1 Å². The van der Waals surface area contributed by atoms with Crippen LogP contribution in [-0.4, -0.2) is 50.6 Å². The van der Waals surface area contributed by atoms with Crippen molar-refractivity contribution >= 4 is 29.5 Å². The molecule has 1 aliphatic rings. The van der Waals surface area contributed by atoms with Crippen LogP contribution in [0.2, 0.25) is 0 Å². The summed E-state index contributed by atoms with van der Waals surface area (Å²) in [5.74, 6) is 10.3. The van der Waals surface area contributed by atoms with Crippen LogP contribution in [-0.2, 0) is 6.42 Å². The Hall–Kier alpha value is -2.90. The van der Waals surface area contributed by atoms with E-state index in [4.69, 9.17) is 11.7 Å². The molecule has 2 aromatic rings. The van der Waals surface area contributed by atoms with Crippen LogP contribution in [0.3, 0.4) is 0 Å². The normalized spacial score (nSPS) is 16.7. The number of anilines is 1. The summed E-state index contributed by atoms with van der Waals surface area (Å²) < 4.78 is 54.3. The second-order valence-electron chi connectivity index (χ2n) is 8.61. The number of carbonyl (C=O) groups is 1. The number of nitrogens with two attached hydrogens (primary N) is 2. The van der Waals surface area contributed by atoms with Crippen molar-refractivity contribution in [2.75, 3.05) is 17.6 Å². The Bertz CT molecular complexity index is 1130. The third kappa shape index (κ3) is 6.65. The monoisotopic (exact) mass is 527 g/mol. The number of pyridine rings is 1. The highest BCUT2D eigenvalue weighted by atomic mass is 32.2. The average Bonchev–Trinajstić information content (AvgIpc) is 2.80. The Morgan fingerprint density at radius 1 is 1.36 bits per heavy atom. The van der Waals surface area contributed by atoms with Crippen LogP contribution >= 0.6 is 11.9 Å². The van der Waals surface area contributed by atoms with Crippen LogP contribution < -0.4 is 17.0 Å². The van der Waals surface area contributed by atoms with Crippen molar-refractivity contribution in [2.24, 2.45) is 16.8 Å². The van der Waals surface area contributed by atoms with Gasteiger partial charge in [-0.05, 0) is 62.6 Å². The summed E-state index contributed by atoms with van der Waals surface area (Å²) in [4.78, 5) is 17.3. The first-order valence-corrected chi connectivity index (χ1v) is 12.2. The number of aromatic nitrogens is 1. The molecular formula is C23H29F4N7OS. The molecule has 1 aliphatic heterocycles. The number of rotatable bonds is 7. The molecule has 0 radical (unpaired) electrons. The first-order chi connectivity index (χ1) is 16.9. The van der Waals surface area contributed by atoms with Crippen LogP contribution in [0.25, 0.3) is 0 Å². The fraction of sp³-hybridized carbons (Fsp3) is 0.435. The zero-order chi connectivity index (χ0) is 26.6. The van der Waals surface area contributed by atoms with Crippen LogP contribution in [0, 0.1) is 5.82 Å². The molecule has 5 N–H and O–H groups in total. The smallest absolute Gasteiger partial charge is 0.321 e. The van der Waals surface area contributed by atoms with Crippen molar-refractivity contribution < 1.29 is 22.4 Å². The average molecular weight is 528 g/mol. The molecule has 3 rings (SSSR count). The lowest BCUT2D eigenvalue weighted by Gasteiger charge is -2.34. The molecule has 0 saturated heterocycles. The van der Waals surface area contributed by atoms with Crippen LogP contribution in [0.5, 0.6) is 0 Å². The molecule has 0 saturated carbocycles. The molecule has 1 aromatic heterocycles. The number of fused-ring (bicyclic) bond motifs is 1. The molecule has 36 heavy (non-hydrogen) atoms. The molecule has 0 fully saturated rings. The van der Waals surface area contributed by atoms with Gasteiger partial charge in [-0.2, -0.15) is 18.3 Å². The van der Waals surface area contributed by atoms with E-state index in [1.807, 2.05) is 25.1 Å². The van der Waals surface area contributed by atoms with Gasteiger partial charge in [0, 0.05) is 24.4 Å². The van der Waals surface area contributed by atoms with Gasteiger partial charge in [0.2, 0.25) is 0 Å². The number of nitrogens with one attached hydrogen (secondary N) is 1. The predicted molar refractivity (Wildman–Crippen MR) is 132 cm³/mol. The molecule has 1 atom stereocenters. The number of carbonyl (C=O) groups excluding carboxylic acids is 1. The van der Waals surface area contributed by atoms with Gasteiger partial charge in [0.25, 0.3) is 5.91 Å². The number of hydrogen-bond acceptors (Lipinski definition) is 7. The lowest BCUT2D eigenvalue weighted by atomic mass is 9.92. The summed E-state index contributed by atoms with van der Waals surface area (Å²) in [6.45, 7) is 5.99.